The fourth-order valence-electron chi connectivity index (χ4n) is 0.810. The summed E-state index contributed by atoms with van der Waals surface area (Å²) in [7, 11) is -4.20. The molecule has 0 aromatic heterocycles. The molecule has 0 saturated carbocycles. The van der Waals surface area contributed by atoms with E-state index in [1.807, 2.05) is 0 Å². The topological polar surface area (TPSA) is 57.5 Å². The van der Waals surface area contributed by atoms with Gasteiger partial charge in [0.2, 0.25) is 0 Å². The number of rotatable bonds is 2. The van der Waals surface area contributed by atoms with E-state index >= 15 is 0 Å². The van der Waals surface area contributed by atoms with E-state index in [-0.39, 0.29) is 5.31 Å². The fourth-order valence-corrected chi connectivity index (χ4v) is 1.56. The van der Waals surface area contributed by atoms with Gasteiger partial charge in [0.1, 0.15) is 0 Å². The van der Waals surface area contributed by atoms with Crippen molar-refractivity contribution in [2.45, 2.75) is 0 Å². The first-order valence-corrected chi connectivity index (χ1v) is 5.83. The second-order valence-electron chi connectivity index (χ2n) is 2.50. The number of hydrogen-bond donors (Lipinski definition) is 2. The van der Waals surface area contributed by atoms with Gasteiger partial charge in [-0.25, -0.2) is 0 Å². The summed E-state index contributed by atoms with van der Waals surface area (Å²) in [5.41, 5.74) is 0.455. The van der Waals surface area contributed by atoms with Crippen LogP contribution in [-0.4, -0.2) is 9.79 Å². The normalized spacial score (nSPS) is 11.3. The van der Waals surface area contributed by atoms with Crippen molar-refractivity contribution in [3.8, 4) is 0 Å². The quantitative estimate of drug-likeness (QED) is 0.806. The van der Waals surface area contributed by atoms with E-state index in [4.69, 9.17) is 9.79 Å². The maximum Gasteiger partial charge on any atom is 0.356 e. The van der Waals surface area contributed by atoms with Crippen LogP contribution in [0.4, 0.5) is 0 Å². The van der Waals surface area contributed by atoms with Crippen LogP contribution in [0.2, 0.25) is 0 Å². The van der Waals surface area contributed by atoms with Crippen molar-refractivity contribution in [3.05, 3.63) is 40.9 Å². The van der Waals surface area contributed by atoms with Crippen LogP contribution < -0.4 is 0 Å². The highest BCUT2D eigenvalue weighted by Gasteiger charge is 2.19. The smallest absolute Gasteiger partial charge is 0.321 e. The van der Waals surface area contributed by atoms with Crippen LogP contribution in [0.15, 0.2) is 35.3 Å². The van der Waals surface area contributed by atoms with E-state index in [0.717, 1.165) is 4.47 Å². The Morgan fingerprint density at radius 1 is 1.31 bits per heavy atom. The monoisotopic (exact) mass is 262 g/mol. The molecule has 1 rings (SSSR count). The van der Waals surface area contributed by atoms with Gasteiger partial charge < -0.3 is 9.79 Å². The fraction of sp³-hybridized carbons (Fsp3) is 0. The van der Waals surface area contributed by atoms with Gasteiger partial charge in [0.15, 0.2) is 0 Å². The molecule has 0 saturated heterocycles. The molecule has 0 radical (unpaired) electrons. The highest BCUT2D eigenvalue weighted by molar-refractivity contribution is 9.10. The molecule has 0 heterocycles. The summed E-state index contributed by atoms with van der Waals surface area (Å²) in [5.74, 6) is 0. The SMILES string of the molecule is C=C(c1ccc(Br)cc1)P(=O)(O)O. The maximum absolute atomic E-state index is 10.8. The molecule has 0 aliphatic heterocycles. The van der Waals surface area contributed by atoms with Crippen LogP contribution in [-0.2, 0) is 4.57 Å². The number of hydrogen-bond acceptors (Lipinski definition) is 1. The predicted octanol–water partition coefficient (Wildman–Crippen LogP) is 2.60. The number of halogens is 1. The van der Waals surface area contributed by atoms with Crippen LogP contribution in [0.25, 0.3) is 5.31 Å². The Morgan fingerprint density at radius 3 is 2.15 bits per heavy atom. The third kappa shape index (κ3) is 2.78. The summed E-state index contributed by atoms with van der Waals surface area (Å²) in [5, 5.41) is -0.153. The second-order valence-corrected chi connectivity index (χ2v) is 5.04. The average molecular weight is 263 g/mol. The summed E-state index contributed by atoms with van der Waals surface area (Å²) in [6, 6.07) is 6.61. The summed E-state index contributed by atoms with van der Waals surface area (Å²) in [4.78, 5) is 17.6. The Bertz CT molecular complexity index is 365. The van der Waals surface area contributed by atoms with Gasteiger partial charge in [0.05, 0.1) is 5.31 Å². The van der Waals surface area contributed by atoms with Gasteiger partial charge in [-0.1, -0.05) is 34.6 Å². The van der Waals surface area contributed by atoms with E-state index in [9.17, 15) is 4.57 Å². The summed E-state index contributed by atoms with van der Waals surface area (Å²) in [6.07, 6.45) is 0. The molecule has 0 atom stereocenters. The molecule has 1 aromatic carbocycles. The highest BCUT2D eigenvalue weighted by atomic mass is 79.9. The van der Waals surface area contributed by atoms with Crippen LogP contribution in [0.5, 0.6) is 0 Å². The van der Waals surface area contributed by atoms with Crippen molar-refractivity contribution in [3.63, 3.8) is 0 Å². The first kappa shape index (κ1) is 10.7. The Labute approximate surface area is 84.4 Å². The lowest BCUT2D eigenvalue weighted by atomic mass is 10.2. The lowest BCUT2D eigenvalue weighted by Crippen LogP contribution is -1.84. The van der Waals surface area contributed by atoms with Gasteiger partial charge in [0, 0.05) is 4.47 Å². The Morgan fingerprint density at radius 2 is 1.77 bits per heavy atom. The molecule has 0 aliphatic carbocycles. The molecule has 2 N–H and O–H groups in total. The van der Waals surface area contributed by atoms with Gasteiger partial charge in [-0.3, -0.25) is 4.57 Å². The number of benzene rings is 1. The third-order valence-corrected chi connectivity index (χ3v) is 3.02. The third-order valence-electron chi connectivity index (χ3n) is 1.53. The molecule has 0 unspecified atom stereocenters. The van der Waals surface area contributed by atoms with E-state index in [2.05, 4.69) is 22.5 Å². The van der Waals surface area contributed by atoms with Crippen molar-refractivity contribution < 1.29 is 14.4 Å². The van der Waals surface area contributed by atoms with Crippen LogP contribution in [0.3, 0.4) is 0 Å². The first-order chi connectivity index (χ1) is 5.91. The summed E-state index contributed by atoms with van der Waals surface area (Å²) < 4.78 is 11.7. The first-order valence-electron chi connectivity index (χ1n) is 3.42. The Balaban J connectivity index is 3.04. The minimum Gasteiger partial charge on any atom is -0.321 e. The van der Waals surface area contributed by atoms with E-state index in [1.54, 1.807) is 24.3 Å². The van der Waals surface area contributed by atoms with E-state index in [1.165, 1.54) is 0 Å². The molecule has 0 spiro atoms. The zero-order chi connectivity index (χ0) is 10.1. The molecule has 3 nitrogen and oxygen atoms in total. The Kier molecular flexibility index (Phi) is 3.09. The van der Waals surface area contributed by atoms with E-state index in [0.29, 0.717) is 5.56 Å². The van der Waals surface area contributed by atoms with Crippen molar-refractivity contribution in [2.24, 2.45) is 0 Å². The second kappa shape index (κ2) is 3.76. The minimum absolute atomic E-state index is 0.153. The zero-order valence-corrected chi connectivity index (χ0v) is 9.12. The zero-order valence-electron chi connectivity index (χ0n) is 6.64. The Hall–Kier alpha value is -0.410. The maximum atomic E-state index is 10.8. The lowest BCUT2D eigenvalue weighted by molar-refractivity contribution is 0.388. The minimum atomic E-state index is -4.20. The lowest BCUT2D eigenvalue weighted by Gasteiger charge is -2.07. The van der Waals surface area contributed by atoms with Gasteiger partial charge >= 0.3 is 7.60 Å². The predicted molar refractivity (Wildman–Crippen MR) is 55.2 cm³/mol. The van der Waals surface area contributed by atoms with Crippen molar-refractivity contribution in [1.82, 2.24) is 0 Å². The summed E-state index contributed by atoms with van der Waals surface area (Å²) >= 11 is 3.22. The van der Waals surface area contributed by atoms with Crippen molar-refractivity contribution in [1.29, 1.82) is 0 Å². The van der Waals surface area contributed by atoms with Gasteiger partial charge in [-0.05, 0) is 17.7 Å². The van der Waals surface area contributed by atoms with Gasteiger partial charge in [-0.2, -0.15) is 0 Å². The molecule has 1 aromatic rings. The van der Waals surface area contributed by atoms with Gasteiger partial charge in [-0.15, -0.1) is 0 Å². The largest absolute Gasteiger partial charge is 0.356 e. The average Bonchev–Trinajstić information content (AvgIpc) is 2.03. The molecule has 0 fully saturated rings. The van der Waals surface area contributed by atoms with Crippen LogP contribution in [0, 0.1) is 0 Å². The molecule has 70 valence electrons. The van der Waals surface area contributed by atoms with Gasteiger partial charge in [0.25, 0.3) is 0 Å². The molecule has 0 aliphatic rings. The molecular formula is C8H8BrO3P. The van der Waals surface area contributed by atoms with E-state index < -0.39 is 7.60 Å². The molecule has 13 heavy (non-hydrogen) atoms. The molecular weight excluding hydrogens is 255 g/mol. The highest BCUT2D eigenvalue weighted by Crippen LogP contribution is 2.49. The summed E-state index contributed by atoms with van der Waals surface area (Å²) in [6.45, 7) is 3.35. The molecule has 5 heteroatoms. The molecule has 0 amide bonds. The van der Waals surface area contributed by atoms with Crippen molar-refractivity contribution in [2.75, 3.05) is 0 Å². The van der Waals surface area contributed by atoms with Crippen molar-refractivity contribution >= 4 is 28.8 Å². The molecule has 0 bridgehead atoms. The van der Waals surface area contributed by atoms with Crippen LogP contribution in [0.1, 0.15) is 5.56 Å². The van der Waals surface area contributed by atoms with Crippen LogP contribution >= 0.6 is 23.5 Å². The standard InChI is InChI=1S/C8H8BrO3P/c1-6(13(10,11)12)7-2-4-8(9)5-3-7/h2-5H,1H2,(H2,10,11,12).